The molecule has 0 atom stereocenters. The summed E-state index contributed by atoms with van der Waals surface area (Å²) in [5, 5.41) is 6.90. The van der Waals surface area contributed by atoms with Gasteiger partial charge in [-0.3, -0.25) is 9.59 Å². The predicted molar refractivity (Wildman–Crippen MR) is 81.7 cm³/mol. The molecule has 1 heterocycles. The molecule has 0 radical (unpaired) electrons. The second-order valence-electron chi connectivity index (χ2n) is 5.42. The predicted octanol–water partition coefficient (Wildman–Crippen LogP) is 1.82. The van der Waals surface area contributed by atoms with Crippen LogP contribution in [0.1, 0.15) is 13.8 Å². The minimum absolute atomic E-state index is 0.138. The van der Waals surface area contributed by atoms with Crippen LogP contribution in [0.25, 0.3) is 11.3 Å². The van der Waals surface area contributed by atoms with Crippen molar-refractivity contribution >= 4 is 5.91 Å². The van der Waals surface area contributed by atoms with E-state index in [4.69, 9.17) is 0 Å². The van der Waals surface area contributed by atoms with Crippen molar-refractivity contribution in [1.82, 2.24) is 15.1 Å². The number of nitrogens with one attached hydrogen (secondary N) is 1. The Morgan fingerprint density at radius 3 is 2.55 bits per heavy atom. The molecule has 0 spiro atoms. The number of hydrogen-bond acceptors (Lipinski definition) is 3. The zero-order valence-electron chi connectivity index (χ0n) is 12.5. The van der Waals surface area contributed by atoms with Gasteiger partial charge in [0.15, 0.2) is 0 Å². The van der Waals surface area contributed by atoms with E-state index in [-0.39, 0.29) is 23.8 Å². The van der Waals surface area contributed by atoms with E-state index >= 15 is 0 Å². The zero-order valence-corrected chi connectivity index (χ0v) is 12.5. The maximum atomic E-state index is 12.9. The van der Waals surface area contributed by atoms with Gasteiger partial charge in [0.25, 0.3) is 5.56 Å². The maximum Gasteiger partial charge on any atom is 0.267 e. The first-order valence-electron chi connectivity index (χ1n) is 7.06. The van der Waals surface area contributed by atoms with Crippen LogP contribution in [0.4, 0.5) is 4.39 Å². The molecule has 22 heavy (non-hydrogen) atoms. The second-order valence-corrected chi connectivity index (χ2v) is 5.42. The number of nitrogens with zero attached hydrogens (tertiary/aromatic N) is 2. The zero-order chi connectivity index (χ0) is 16.1. The summed E-state index contributed by atoms with van der Waals surface area (Å²) in [6.45, 7) is 4.38. The van der Waals surface area contributed by atoms with E-state index in [0.29, 0.717) is 23.7 Å². The molecule has 0 fully saturated rings. The number of rotatable bonds is 5. The van der Waals surface area contributed by atoms with Gasteiger partial charge in [-0.1, -0.05) is 13.8 Å². The fourth-order valence-corrected chi connectivity index (χ4v) is 1.85. The van der Waals surface area contributed by atoms with Gasteiger partial charge in [-0.2, -0.15) is 5.10 Å². The molecule has 2 aromatic rings. The average Bonchev–Trinajstić information content (AvgIpc) is 2.48. The van der Waals surface area contributed by atoms with Gasteiger partial charge in [-0.15, -0.1) is 0 Å². The number of amides is 1. The van der Waals surface area contributed by atoms with Crippen molar-refractivity contribution in [2.24, 2.45) is 5.92 Å². The molecule has 0 saturated heterocycles. The van der Waals surface area contributed by atoms with Gasteiger partial charge in [-0.05, 0) is 36.2 Å². The van der Waals surface area contributed by atoms with Crippen molar-refractivity contribution in [2.75, 3.05) is 6.54 Å². The van der Waals surface area contributed by atoms with Crippen molar-refractivity contribution in [2.45, 2.75) is 20.4 Å². The molecular formula is C16H18FN3O2. The van der Waals surface area contributed by atoms with Crippen LogP contribution in [-0.4, -0.2) is 22.2 Å². The van der Waals surface area contributed by atoms with E-state index in [1.807, 2.05) is 13.8 Å². The lowest BCUT2D eigenvalue weighted by atomic mass is 10.1. The van der Waals surface area contributed by atoms with Crippen molar-refractivity contribution in [3.8, 4) is 11.3 Å². The van der Waals surface area contributed by atoms with Crippen LogP contribution in [0.2, 0.25) is 0 Å². The Labute approximate surface area is 127 Å². The Bertz CT molecular complexity index is 708. The molecule has 5 nitrogen and oxygen atoms in total. The number of carbonyl (C=O) groups excluding carboxylic acids is 1. The first-order valence-corrected chi connectivity index (χ1v) is 7.06. The quantitative estimate of drug-likeness (QED) is 0.916. The Balaban J connectivity index is 2.18. The first kappa shape index (κ1) is 15.9. The number of hydrogen-bond donors (Lipinski definition) is 1. The van der Waals surface area contributed by atoms with E-state index in [0.717, 1.165) is 4.68 Å². The smallest absolute Gasteiger partial charge is 0.267 e. The van der Waals surface area contributed by atoms with E-state index in [9.17, 15) is 14.0 Å². The summed E-state index contributed by atoms with van der Waals surface area (Å²) in [7, 11) is 0. The summed E-state index contributed by atoms with van der Waals surface area (Å²) in [4.78, 5) is 23.6. The number of halogens is 1. The van der Waals surface area contributed by atoms with Gasteiger partial charge >= 0.3 is 0 Å². The van der Waals surface area contributed by atoms with Gasteiger partial charge in [0.1, 0.15) is 12.4 Å². The Morgan fingerprint density at radius 2 is 1.91 bits per heavy atom. The molecule has 6 heteroatoms. The molecule has 116 valence electrons. The highest BCUT2D eigenvalue weighted by Gasteiger charge is 2.08. The topological polar surface area (TPSA) is 64.0 Å². The van der Waals surface area contributed by atoms with Crippen molar-refractivity contribution in [1.29, 1.82) is 0 Å². The standard InChI is InChI=1S/C16H18FN3O2/c1-11(2)9-18-15(21)10-20-16(22)8-7-14(19-20)12-3-5-13(17)6-4-12/h3-8,11H,9-10H2,1-2H3,(H,18,21). The molecule has 2 rings (SSSR count). The lowest BCUT2D eigenvalue weighted by Crippen LogP contribution is -2.35. The highest BCUT2D eigenvalue weighted by molar-refractivity contribution is 5.75. The number of aromatic nitrogens is 2. The van der Waals surface area contributed by atoms with Gasteiger partial charge in [0, 0.05) is 18.2 Å². The average molecular weight is 303 g/mol. The highest BCUT2D eigenvalue weighted by atomic mass is 19.1. The van der Waals surface area contributed by atoms with Crippen molar-refractivity contribution in [3.05, 3.63) is 52.6 Å². The van der Waals surface area contributed by atoms with Crippen LogP contribution in [-0.2, 0) is 11.3 Å². The molecule has 0 aliphatic heterocycles. The van der Waals surface area contributed by atoms with Gasteiger partial charge in [-0.25, -0.2) is 9.07 Å². The lowest BCUT2D eigenvalue weighted by molar-refractivity contribution is -0.122. The maximum absolute atomic E-state index is 12.9. The monoisotopic (exact) mass is 303 g/mol. The third-order valence-corrected chi connectivity index (χ3v) is 3.01. The SMILES string of the molecule is CC(C)CNC(=O)Cn1nc(-c2ccc(F)cc2)ccc1=O. The molecule has 1 N–H and O–H groups in total. The molecule has 0 unspecified atom stereocenters. The summed E-state index contributed by atoms with van der Waals surface area (Å²) in [5.74, 6) is -0.274. The highest BCUT2D eigenvalue weighted by Crippen LogP contribution is 2.15. The number of benzene rings is 1. The number of carbonyl (C=O) groups is 1. The van der Waals surface area contributed by atoms with Crippen LogP contribution < -0.4 is 10.9 Å². The van der Waals surface area contributed by atoms with E-state index in [1.54, 1.807) is 18.2 Å². The summed E-state index contributed by atoms with van der Waals surface area (Å²) < 4.78 is 14.0. The fraction of sp³-hybridized carbons (Fsp3) is 0.312. The summed E-state index contributed by atoms with van der Waals surface area (Å²) in [5.41, 5.74) is 0.833. The van der Waals surface area contributed by atoms with Crippen LogP contribution >= 0.6 is 0 Å². The van der Waals surface area contributed by atoms with E-state index in [1.165, 1.54) is 18.2 Å². The van der Waals surface area contributed by atoms with Gasteiger partial charge < -0.3 is 5.32 Å². The van der Waals surface area contributed by atoms with Crippen LogP contribution in [0, 0.1) is 11.7 Å². The second kappa shape index (κ2) is 6.98. The molecule has 1 aromatic heterocycles. The molecule has 0 bridgehead atoms. The largest absolute Gasteiger partial charge is 0.354 e. The summed E-state index contributed by atoms with van der Waals surface area (Å²) >= 11 is 0. The van der Waals surface area contributed by atoms with E-state index < -0.39 is 0 Å². The fourth-order valence-electron chi connectivity index (χ4n) is 1.85. The summed E-state index contributed by atoms with van der Waals surface area (Å²) in [6, 6.07) is 8.69. The molecule has 0 saturated carbocycles. The first-order chi connectivity index (χ1) is 10.5. The lowest BCUT2D eigenvalue weighted by Gasteiger charge is -2.09. The Kier molecular flexibility index (Phi) is 5.04. The molecule has 0 aliphatic carbocycles. The van der Waals surface area contributed by atoms with Crippen LogP contribution in [0.5, 0.6) is 0 Å². The summed E-state index contributed by atoms with van der Waals surface area (Å²) in [6.07, 6.45) is 0. The third kappa shape index (κ3) is 4.25. The van der Waals surface area contributed by atoms with Crippen molar-refractivity contribution < 1.29 is 9.18 Å². The Morgan fingerprint density at radius 1 is 1.23 bits per heavy atom. The van der Waals surface area contributed by atoms with E-state index in [2.05, 4.69) is 10.4 Å². The molecule has 1 aromatic carbocycles. The molecular weight excluding hydrogens is 285 g/mol. The molecule has 1 amide bonds. The van der Waals surface area contributed by atoms with Crippen LogP contribution in [0.3, 0.4) is 0 Å². The van der Waals surface area contributed by atoms with Gasteiger partial charge in [0.05, 0.1) is 5.69 Å². The van der Waals surface area contributed by atoms with Crippen molar-refractivity contribution in [3.63, 3.8) is 0 Å². The van der Waals surface area contributed by atoms with Crippen LogP contribution in [0.15, 0.2) is 41.2 Å². The van der Waals surface area contributed by atoms with Gasteiger partial charge in [0.2, 0.25) is 5.91 Å². The Hall–Kier alpha value is -2.50. The minimum atomic E-state index is -0.356. The molecule has 0 aliphatic rings. The third-order valence-electron chi connectivity index (χ3n) is 3.01. The normalized spacial score (nSPS) is 10.7. The minimum Gasteiger partial charge on any atom is -0.354 e.